The second-order valence-electron chi connectivity index (χ2n) is 8.68. The maximum Gasteiger partial charge on any atom is 0.416 e. The fourth-order valence-electron chi connectivity index (χ4n) is 4.28. The van der Waals surface area contributed by atoms with Crippen LogP contribution in [-0.4, -0.2) is 47.3 Å². The van der Waals surface area contributed by atoms with Gasteiger partial charge in [0, 0.05) is 17.4 Å². The molecule has 0 spiro atoms. The van der Waals surface area contributed by atoms with E-state index in [1.807, 2.05) is 5.32 Å². The Bertz CT molecular complexity index is 1280. The van der Waals surface area contributed by atoms with Crippen molar-refractivity contribution in [1.82, 2.24) is 15.6 Å². The number of carbonyl (C=O) groups excluding carboxylic acids is 2. The van der Waals surface area contributed by atoms with Crippen molar-refractivity contribution in [2.45, 2.75) is 31.0 Å². The molecule has 4 rings (SSSR count). The summed E-state index contributed by atoms with van der Waals surface area (Å²) in [7, 11) is 0. The van der Waals surface area contributed by atoms with Crippen molar-refractivity contribution < 1.29 is 41.0 Å². The first-order valence-corrected chi connectivity index (χ1v) is 11.0. The number of hydrogen-bond donors (Lipinski definition) is 4. The minimum absolute atomic E-state index is 0.0799. The van der Waals surface area contributed by atoms with E-state index in [-0.39, 0.29) is 11.4 Å². The number of aromatic amines is 1. The van der Waals surface area contributed by atoms with E-state index in [0.717, 1.165) is 6.07 Å². The molecule has 1 heterocycles. The van der Waals surface area contributed by atoms with E-state index in [1.54, 1.807) is 0 Å². The van der Waals surface area contributed by atoms with Crippen LogP contribution in [0, 0.1) is 23.4 Å². The van der Waals surface area contributed by atoms with Crippen molar-refractivity contribution in [1.29, 1.82) is 0 Å². The lowest BCUT2D eigenvalue weighted by molar-refractivity contribution is -0.201. The topological polar surface area (TPSA) is 94.2 Å². The zero-order chi connectivity index (χ0) is 26.2. The van der Waals surface area contributed by atoms with Crippen molar-refractivity contribution in [2.75, 3.05) is 13.1 Å². The Hall–Kier alpha value is -3.54. The highest BCUT2D eigenvalue weighted by molar-refractivity contribution is 5.93. The van der Waals surface area contributed by atoms with Crippen LogP contribution in [0.4, 0.5) is 26.3 Å². The van der Waals surface area contributed by atoms with E-state index in [1.165, 1.54) is 30.3 Å². The summed E-state index contributed by atoms with van der Waals surface area (Å²) in [5.41, 5.74) is 1.68. The number of aromatic nitrogens is 1. The van der Waals surface area contributed by atoms with E-state index < -0.39 is 60.6 Å². The second kappa shape index (κ2) is 9.84. The number of aliphatic hydroxyl groups is 1. The summed E-state index contributed by atoms with van der Waals surface area (Å²) in [5.74, 6) is -4.25. The Morgan fingerprint density at radius 1 is 1.03 bits per heavy atom. The van der Waals surface area contributed by atoms with Gasteiger partial charge < -0.3 is 20.7 Å². The van der Waals surface area contributed by atoms with E-state index in [2.05, 4.69) is 10.3 Å². The Morgan fingerprint density at radius 2 is 1.69 bits per heavy atom. The molecule has 1 aliphatic carbocycles. The Labute approximate surface area is 200 Å². The molecular weight excluding hydrogens is 492 g/mol. The summed E-state index contributed by atoms with van der Waals surface area (Å²) in [5, 5.41) is 13.4. The standard InChI is InChI=1S/C24H21F6N3O3/c25-14-3-1-11(2-4-14)21-20(16-7-15(26)8-17(27)22(16)33-21)12-5-13(6-12)23(36)32-10-19(35)31-9-18(34)24(28,29)30/h1-4,7-8,12-13,18,33-34H,5-6,9-10H2,(H,31,35)(H,32,36)/t12-,13-,18-/m0/s1. The van der Waals surface area contributed by atoms with Gasteiger partial charge >= 0.3 is 6.18 Å². The molecule has 0 saturated heterocycles. The maximum atomic E-state index is 14.5. The molecule has 1 aromatic heterocycles. The first-order chi connectivity index (χ1) is 16.9. The van der Waals surface area contributed by atoms with Gasteiger partial charge in [0.05, 0.1) is 24.3 Å². The van der Waals surface area contributed by atoms with Crippen LogP contribution in [0.1, 0.15) is 24.3 Å². The minimum atomic E-state index is -4.88. The zero-order valence-corrected chi connectivity index (χ0v) is 18.6. The second-order valence-corrected chi connectivity index (χ2v) is 8.68. The molecule has 192 valence electrons. The van der Waals surface area contributed by atoms with Crippen LogP contribution < -0.4 is 10.6 Å². The van der Waals surface area contributed by atoms with Gasteiger partial charge in [-0.05, 0) is 60.2 Å². The lowest BCUT2D eigenvalue weighted by atomic mass is 9.70. The van der Waals surface area contributed by atoms with Crippen LogP contribution in [0.3, 0.4) is 0 Å². The molecule has 6 nitrogen and oxygen atoms in total. The summed E-state index contributed by atoms with van der Waals surface area (Å²) in [6, 6.07) is 7.38. The number of halogens is 6. The molecule has 0 radical (unpaired) electrons. The first-order valence-electron chi connectivity index (χ1n) is 11.0. The quantitative estimate of drug-likeness (QED) is 0.361. The van der Waals surface area contributed by atoms with Crippen molar-refractivity contribution in [3.8, 4) is 11.3 Å². The van der Waals surface area contributed by atoms with Crippen LogP contribution >= 0.6 is 0 Å². The molecule has 1 atom stereocenters. The van der Waals surface area contributed by atoms with Gasteiger partial charge in [0.15, 0.2) is 6.10 Å². The van der Waals surface area contributed by atoms with E-state index in [0.29, 0.717) is 35.0 Å². The first kappa shape index (κ1) is 25.5. The number of carbonyl (C=O) groups is 2. The third-order valence-corrected chi connectivity index (χ3v) is 6.21. The van der Waals surface area contributed by atoms with Crippen LogP contribution in [0.5, 0.6) is 0 Å². The number of H-pyrrole nitrogens is 1. The van der Waals surface area contributed by atoms with E-state index in [9.17, 15) is 35.9 Å². The smallest absolute Gasteiger partial charge is 0.382 e. The van der Waals surface area contributed by atoms with Crippen LogP contribution in [0.2, 0.25) is 0 Å². The Morgan fingerprint density at radius 3 is 2.33 bits per heavy atom. The third kappa shape index (κ3) is 5.32. The highest BCUT2D eigenvalue weighted by Gasteiger charge is 2.39. The fourth-order valence-corrected chi connectivity index (χ4v) is 4.28. The average molecular weight is 513 g/mol. The lowest BCUT2D eigenvalue weighted by Crippen LogP contribution is -2.46. The summed E-state index contributed by atoms with van der Waals surface area (Å²) < 4.78 is 78.7. The molecule has 3 aromatic rings. The molecule has 1 saturated carbocycles. The van der Waals surface area contributed by atoms with E-state index in [4.69, 9.17) is 5.11 Å². The molecule has 2 amide bonds. The Kier molecular flexibility index (Phi) is 6.98. The number of amides is 2. The monoisotopic (exact) mass is 513 g/mol. The summed E-state index contributed by atoms with van der Waals surface area (Å²) in [6.07, 6.45) is -7.01. The molecule has 0 bridgehead atoms. The van der Waals surface area contributed by atoms with E-state index >= 15 is 0 Å². The number of nitrogens with one attached hydrogen (secondary N) is 3. The van der Waals surface area contributed by atoms with Gasteiger partial charge in [0.1, 0.15) is 17.5 Å². The van der Waals surface area contributed by atoms with Gasteiger partial charge in [-0.25, -0.2) is 13.2 Å². The van der Waals surface area contributed by atoms with Gasteiger partial charge in [-0.15, -0.1) is 0 Å². The van der Waals surface area contributed by atoms with Crippen molar-refractivity contribution >= 4 is 22.7 Å². The molecule has 1 fully saturated rings. The number of benzene rings is 2. The fraction of sp³-hybridized carbons (Fsp3) is 0.333. The maximum absolute atomic E-state index is 14.5. The molecule has 4 N–H and O–H groups in total. The van der Waals surface area contributed by atoms with Crippen LogP contribution in [0.15, 0.2) is 36.4 Å². The van der Waals surface area contributed by atoms with Crippen LogP contribution in [-0.2, 0) is 9.59 Å². The average Bonchev–Trinajstić information content (AvgIpc) is 3.14. The molecule has 0 unspecified atom stereocenters. The molecule has 1 aliphatic rings. The van der Waals surface area contributed by atoms with Crippen LogP contribution in [0.25, 0.3) is 22.2 Å². The largest absolute Gasteiger partial charge is 0.416 e. The lowest BCUT2D eigenvalue weighted by Gasteiger charge is -2.35. The van der Waals surface area contributed by atoms with Gasteiger partial charge in [-0.1, -0.05) is 0 Å². The zero-order valence-electron chi connectivity index (χ0n) is 18.6. The minimum Gasteiger partial charge on any atom is -0.382 e. The van der Waals surface area contributed by atoms with Crippen molar-refractivity contribution in [2.24, 2.45) is 5.92 Å². The highest BCUT2D eigenvalue weighted by atomic mass is 19.4. The number of aliphatic hydroxyl groups excluding tert-OH is 1. The van der Waals surface area contributed by atoms with Crippen molar-refractivity contribution in [3.05, 3.63) is 59.4 Å². The SMILES string of the molecule is O=C(CNC(=O)[C@H]1C[C@H](c2c(-c3ccc(F)cc3)[nH]c3c(F)cc(F)cc32)C1)NC[C@H](O)C(F)(F)F. The molecule has 2 aromatic carbocycles. The number of hydrogen-bond acceptors (Lipinski definition) is 3. The van der Waals surface area contributed by atoms with Gasteiger partial charge in [-0.2, -0.15) is 13.2 Å². The van der Waals surface area contributed by atoms with Gasteiger partial charge in [0.2, 0.25) is 11.8 Å². The number of fused-ring (bicyclic) bond motifs is 1. The van der Waals surface area contributed by atoms with Crippen molar-refractivity contribution in [3.63, 3.8) is 0 Å². The summed E-state index contributed by atoms with van der Waals surface area (Å²) >= 11 is 0. The number of alkyl halides is 3. The van der Waals surface area contributed by atoms with Gasteiger partial charge in [0.25, 0.3) is 0 Å². The number of rotatable bonds is 7. The normalized spacial score (nSPS) is 18.5. The molecule has 36 heavy (non-hydrogen) atoms. The third-order valence-electron chi connectivity index (χ3n) is 6.21. The molecule has 0 aliphatic heterocycles. The molecular formula is C24H21F6N3O3. The summed E-state index contributed by atoms with van der Waals surface area (Å²) in [4.78, 5) is 27.0. The predicted octanol–water partition coefficient (Wildman–Crippen LogP) is 3.90. The summed E-state index contributed by atoms with van der Waals surface area (Å²) in [6.45, 7) is -1.61. The molecule has 12 heteroatoms. The predicted molar refractivity (Wildman–Crippen MR) is 117 cm³/mol. The Balaban J connectivity index is 1.44. The van der Waals surface area contributed by atoms with Gasteiger partial charge in [-0.3, -0.25) is 9.59 Å². The highest BCUT2D eigenvalue weighted by Crippen LogP contribution is 2.48.